The summed E-state index contributed by atoms with van der Waals surface area (Å²) in [6.45, 7) is 2.83. The number of nitro benzene ring substituents is 1. The van der Waals surface area contributed by atoms with E-state index >= 15 is 0 Å². The van der Waals surface area contributed by atoms with Crippen LogP contribution < -0.4 is 5.32 Å². The molecule has 0 amide bonds. The number of aryl methyl sites for hydroxylation is 1. The van der Waals surface area contributed by atoms with Crippen molar-refractivity contribution in [1.82, 2.24) is 0 Å². The summed E-state index contributed by atoms with van der Waals surface area (Å²) in [4.78, 5) is 10.3. The lowest BCUT2D eigenvalue weighted by Crippen LogP contribution is -2.37. The molecule has 6 heteroatoms. The van der Waals surface area contributed by atoms with Crippen LogP contribution in [0.4, 0.5) is 11.4 Å². The monoisotopic (exact) mass is 240 g/mol. The van der Waals surface area contributed by atoms with Gasteiger partial charge in [0.25, 0.3) is 5.69 Å². The smallest absolute Gasteiger partial charge is 0.292 e. The number of hydrogen-bond donors (Lipinski definition) is 3. The zero-order chi connectivity index (χ0) is 13.1. The molecule has 3 N–H and O–H groups in total. The van der Waals surface area contributed by atoms with Gasteiger partial charge in [-0.15, -0.1) is 0 Å². The molecule has 0 saturated carbocycles. The van der Waals surface area contributed by atoms with Crippen LogP contribution in [0, 0.1) is 17.0 Å². The van der Waals surface area contributed by atoms with Gasteiger partial charge in [0.1, 0.15) is 11.3 Å². The molecule has 0 saturated heterocycles. The van der Waals surface area contributed by atoms with Gasteiger partial charge in [0.2, 0.25) is 0 Å². The van der Waals surface area contributed by atoms with Gasteiger partial charge in [-0.25, -0.2) is 0 Å². The zero-order valence-corrected chi connectivity index (χ0v) is 9.80. The minimum atomic E-state index is -1.31. The second-order valence-electron chi connectivity index (χ2n) is 4.29. The van der Waals surface area contributed by atoms with Gasteiger partial charge in [-0.1, -0.05) is 6.07 Å². The van der Waals surface area contributed by atoms with Gasteiger partial charge in [0.15, 0.2) is 0 Å². The molecule has 17 heavy (non-hydrogen) atoms. The Morgan fingerprint density at radius 3 is 2.71 bits per heavy atom. The molecule has 0 bridgehead atoms. The van der Waals surface area contributed by atoms with Crippen molar-refractivity contribution in [2.45, 2.75) is 19.4 Å². The lowest BCUT2D eigenvalue weighted by Gasteiger charge is -2.21. The Morgan fingerprint density at radius 1 is 1.53 bits per heavy atom. The van der Waals surface area contributed by atoms with Gasteiger partial charge >= 0.3 is 0 Å². The highest BCUT2D eigenvalue weighted by molar-refractivity contribution is 5.62. The van der Waals surface area contributed by atoms with Crippen LogP contribution in [-0.2, 0) is 0 Å². The summed E-state index contributed by atoms with van der Waals surface area (Å²) in [5.74, 6) is 0. The molecule has 6 nitrogen and oxygen atoms in total. The van der Waals surface area contributed by atoms with Gasteiger partial charge in [0.05, 0.1) is 11.5 Å². The van der Waals surface area contributed by atoms with Crippen molar-refractivity contribution in [3.63, 3.8) is 0 Å². The summed E-state index contributed by atoms with van der Waals surface area (Å²) < 4.78 is 0. The third-order valence-corrected chi connectivity index (χ3v) is 2.35. The molecular formula is C11H16N2O4. The minimum Gasteiger partial charge on any atom is -0.393 e. The van der Waals surface area contributed by atoms with Crippen LogP contribution in [0.2, 0.25) is 0 Å². The number of benzene rings is 1. The first-order valence-corrected chi connectivity index (χ1v) is 5.18. The standard InChI is InChI=1S/C11H16N2O4/c1-8-3-4-9(10(5-8)13(16)17)12-6-11(2,15)7-14/h3-5,12,14-15H,6-7H2,1-2H3. The van der Waals surface area contributed by atoms with Crippen LogP contribution in [0.1, 0.15) is 12.5 Å². The van der Waals surface area contributed by atoms with Crippen LogP contribution in [0.25, 0.3) is 0 Å². The second kappa shape index (κ2) is 5.11. The molecule has 0 aliphatic carbocycles. The number of nitro groups is 1. The van der Waals surface area contributed by atoms with Crippen LogP contribution in [0.3, 0.4) is 0 Å². The SMILES string of the molecule is Cc1ccc(NCC(C)(O)CO)c([N+](=O)[O-])c1. The number of hydrogen-bond acceptors (Lipinski definition) is 5. The third-order valence-electron chi connectivity index (χ3n) is 2.35. The van der Waals surface area contributed by atoms with E-state index in [1.54, 1.807) is 19.1 Å². The normalized spacial score (nSPS) is 14.1. The molecule has 1 aromatic carbocycles. The van der Waals surface area contributed by atoms with E-state index in [0.29, 0.717) is 5.69 Å². The van der Waals surface area contributed by atoms with E-state index in [0.717, 1.165) is 5.56 Å². The first-order chi connectivity index (χ1) is 7.85. The molecule has 1 aromatic rings. The molecule has 0 spiro atoms. The maximum Gasteiger partial charge on any atom is 0.292 e. The fourth-order valence-electron chi connectivity index (χ4n) is 1.28. The summed E-state index contributed by atoms with van der Waals surface area (Å²) in [7, 11) is 0. The van der Waals surface area contributed by atoms with Crippen molar-refractivity contribution in [2.75, 3.05) is 18.5 Å². The fraction of sp³-hybridized carbons (Fsp3) is 0.455. The predicted octanol–water partition coefficient (Wildman–Crippen LogP) is 1.06. The molecule has 94 valence electrons. The third kappa shape index (κ3) is 3.69. The number of nitrogens with one attached hydrogen (secondary N) is 1. The summed E-state index contributed by atoms with van der Waals surface area (Å²) in [5.41, 5.74) is -0.233. The van der Waals surface area contributed by atoms with Crippen LogP contribution in [-0.4, -0.2) is 33.9 Å². The van der Waals surface area contributed by atoms with Crippen molar-refractivity contribution in [3.05, 3.63) is 33.9 Å². The topological polar surface area (TPSA) is 95.6 Å². The number of aliphatic hydroxyl groups excluding tert-OH is 1. The van der Waals surface area contributed by atoms with E-state index in [1.165, 1.54) is 13.0 Å². The minimum absolute atomic E-state index is 0.0351. The quantitative estimate of drug-likeness (QED) is 0.528. The Kier molecular flexibility index (Phi) is 4.03. The largest absolute Gasteiger partial charge is 0.393 e. The molecule has 0 aliphatic rings. The van der Waals surface area contributed by atoms with Crippen LogP contribution in [0.5, 0.6) is 0 Å². The van der Waals surface area contributed by atoms with E-state index in [1.807, 2.05) is 0 Å². The van der Waals surface area contributed by atoms with Gasteiger partial charge in [0, 0.05) is 12.6 Å². The number of aliphatic hydroxyl groups is 2. The van der Waals surface area contributed by atoms with Crippen molar-refractivity contribution in [1.29, 1.82) is 0 Å². The second-order valence-corrected chi connectivity index (χ2v) is 4.29. The van der Waals surface area contributed by atoms with E-state index < -0.39 is 17.1 Å². The van der Waals surface area contributed by atoms with Crippen molar-refractivity contribution in [3.8, 4) is 0 Å². The Bertz CT molecular complexity index is 418. The highest BCUT2D eigenvalue weighted by Crippen LogP contribution is 2.25. The van der Waals surface area contributed by atoms with E-state index in [2.05, 4.69) is 5.32 Å². The molecule has 0 aromatic heterocycles. The molecular weight excluding hydrogens is 224 g/mol. The molecule has 0 aliphatic heterocycles. The van der Waals surface area contributed by atoms with E-state index in [4.69, 9.17) is 5.11 Å². The van der Waals surface area contributed by atoms with Gasteiger partial charge in [-0.2, -0.15) is 0 Å². The summed E-state index contributed by atoms with van der Waals surface area (Å²) in [6, 6.07) is 4.78. The first-order valence-electron chi connectivity index (χ1n) is 5.18. The van der Waals surface area contributed by atoms with Crippen LogP contribution >= 0.6 is 0 Å². The van der Waals surface area contributed by atoms with Crippen molar-refractivity contribution in [2.24, 2.45) is 0 Å². The Balaban J connectivity index is 2.88. The summed E-state index contributed by atoms with van der Waals surface area (Å²) >= 11 is 0. The Morgan fingerprint density at radius 2 is 2.18 bits per heavy atom. The lowest BCUT2D eigenvalue weighted by atomic mass is 10.1. The van der Waals surface area contributed by atoms with Gasteiger partial charge in [-0.05, 0) is 25.5 Å². The number of rotatable bonds is 5. The van der Waals surface area contributed by atoms with Gasteiger partial charge < -0.3 is 15.5 Å². The number of nitrogens with zero attached hydrogens (tertiary/aromatic N) is 1. The van der Waals surface area contributed by atoms with Crippen LogP contribution in [0.15, 0.2) is 18.2 Å². The molecule has 0 heterocycles. The zero-order valence-electron chi connectivity index (χ0n) is 9.80. The summed E-state index contributed by atoms with van der Waals surface area (Å²) in [5, 5.41) is 32.0. The Hall–Kier alpha value is -1.66. The lowest BCUT2D eigenvalue weighted by molar-refractivity contribution is -0.384. The maximum atomic E-state index is 10.8. The fourth-order valence-corrected chi connectivity index (χ4v) is 1.28. The predicted molar refractivity (Wildman–Crippen MR) is 64.0 cm³/mol. The molecule has 1 rings (SSSR count). The van der Waals surface area contributed by atoms with Gasteiger partial charge in [-0.3, -0.25) is 10.1 Å². The van der Waals surface area contributed by atoms with Crippen molar-refractivity contribution < 1.29 is 15.1 Å². The summed E-state index contributed by atoms with van der Waals surface area (Å²) in [6.07, 6.45) is 0. The van der Waals surface area contributed by atoms with Crippen molar-refractivity contribution >= 4 is 11.4 Å². The maximum absolute atomic E-state index is 10.8. The molecule has 0 radical (unpaired) electrons. The van der Waals surface area contributed by atoms with E-state index in [9.17, 15) is 15.2 Å². The average molecular weight is 240 g/mol. The molecule has 1 unspecified atom stereocenters. The first kappa shape index (κ1) is 13.4. The average Bonchev–Trinajstić information content (AvgIpc) is 2.27. The molecule has 0 fully saturated rings. The molecule has 1 atom stereocenters. The highest BCUT2D eigenvalue weighted by atomic mass is 16.6. The highest BCUT2D eigenvalue weighted by Gasteiger charge is 2.21. The Labute approximate surface area is 99.0 Å². The van der Waals surface area contributed by atoms with E-state index in [-0.39, 0.29) is 12.2 Å². The number of anilines is 1.